The minimum Gasteiger partial charge on any atom is -0.395 e. The van der Waals surface area contributed by atoms with Crippen molar-refractivity contribution in [3.63, 3.8) is 0 Å². The summed E-state index contributed by atoms with van der Waals surface area (Å²) in [4.78, 5) is 6.46. The first-order valence-electron chi connectivity index (χ1n) is 3.27. The van der Waals surface area contributed by atoms with E-state index in [-0.39, 0.29) is 19.1 Å². The summed E-state index contributed by atoms with van der Waals surface area (Å²) < 4.78 is 24.7. The van der Waals surface area contributed by atoms with Crippen molar-refractivity contribution in [2.75, 3.05) is 18.5 Å². The van der Waals surface area contributed by atoms with Crippen molar-refractivity contribution in [1.82, 2.24) is 9.97 Å². The van der Waals surface area contributed by atoms with Crippen molar-refractivity contribution in [3.8, 4) is 0 Å². The van der Waals surface area contributed by atoms with Gasteiger partial charge in [0.05, 0.1) is 6.61 Å². The number of aliphatic hydroxyl groups is 1. The molecule has 0 bridgehead atoms. The van der Waals surface area contributed by atoms with Gasteiger partial charge in [0.25, 0.3) is 0 Å². The average Bonchev–Trinajstić information content (AvgIpc) is 1.99. The molecule has 0 unspecified atom stereocenters. The summed E-state index contributed by atoms with van der Waals surface area (Å²) in [7, 11) is 0. The molecule has 0 radical (unpaired) electrons. The molecule has 0 aliphatic carbocycles. The molecule has 12 heavy (non-hydrogen) atoms. The van der Waals surface area contributed by atoms with E-state index in [4.69, 9.17) is 5.11 Å². The number of halogens is 2. The lowest BCUT2D eigenvalue weighted by molar-refractivity contribution is 0.310. The van der Waals surface area contributed by atoms with Gasteiger partial charge >= 0.3 is 0 Å². The van der Waals surface area contributed by atoms with Crippen molar-refractivity contribution in [1.29, 1.82) is 0 Å². The maximum absolute atomic E-state index is 12.4. The Kier molecular flexibility index (Phi) is 2.87. The minimum absolute atomic E-state index is 0.151. The highest BCUT2D eigenvalue weighted by Gasteiger charge is 2.01. The molecule has 0 aliphatic rings. The second-order valence-corrected chi connectivity index (χ2v) is 1.99. The second-order valence-electron chi connectivity index (χ2n) is 1.99. The SMILES string of the molecule is OCCNc1nc(F)cc(F)n1. The minimum atomic E-state index is -0.942. The predicted octanol–water partition coefficient (Wildman–Crippen LogP) is 0.159. The summed E-state index contributed by atoms with van der Waals surface area (Å²) in [6.07, 6.45) is 0. The number of aliphatic hydroxyl groups excluding tert-OH is 1. The first kappa shape index (κ1) is 8.79. The van der Waals surface area contributed by atoms with Gasteiger partial charge in [-0.3, -0.25) is 0 Å². The third-order valence-electron chi connectivity index (χ3n) is 1.06. The van der Waals surface area contributed by atoms with Crippen LogP contribution in [0.5, 0.6) is 0 Å². The number of aromatic nitrogens is 2. The zero-order valence-corrected chi connectivity index (χ0v) is 6.09. The normalized spacial score (nSPS) is 9.92. The second kappa shape index (κ2) is 3.91. The molecule has 2 N–H and O–H groups in total. The Morgan fingerprint density at radius 1 is 1.33 bits per heavy atom. The molecule has 0 saturated carbocycles. The van der Waals surface area contributed by atoms with Gasteiger partial charge in [-0.25, -0.2) is 0 Å². The molecule has 0 aliphatic heterocycles. The summed E-state index contributed by atoms with van der Waals surface area (Å²) in [5.41, 5.74) is 0. The molecule has 6 heteroatoms. The summed E-state index contributed by atoms with van der Waals surface area (Å²) >= 11 is 0. The van der Waals surface area contributed by atoms with Crippen LogP contribution in [-0.2, 0) is 0 Å². The number of nitrogens with zero attached hydrogens (tertiary/aromatic N) is 2. The fourth-order valence-corrected chi connectivity index (χ4v) is 0.637. The molecule has 0 fully saturated rings. The van der Waals surface area contributed by atoms with Gasteiger partial charge in [0.1, 0.15) is 0 Å². The van der Waals surface area contributed by atoms with Crippen LogP contribution in [0.4, 0.5) is 14.7 Å². The van der Waals surface area contributed by atoms with E-state index in [2.05, 4.69) is 15.3 Å². The molecule has 1 heterocycles. The topological polar surface area (TPSA) is 58.0 Å². The fourth-order valence-electron chi connectivity index (χ4n) is 0.637. The van der Waals surface area contributed by atoms with E-state index in [1.54, 1.807) is 0 Å². The third-order valence-corrected chi connectivity index (χ3v) is 1.06. The molecule has 0 atom stereocenters. The van der Waals surface area contributed by atoms with Crippen molar-refractivity contribution < 1.29 is 13.9 Å². The molecule has 1 rings (SSSR count). The highest BCUT2D eigenvalue weighted by atomic mass is 19.1. The van der Waals surface area contributed by atoms with Crippen LogP contribution in [0.2, 0.25) is 0 Å². The number of anilines is 1. The van der Waals surface area contributed by atoms with Crippen molar-refractivity contribution in [3.05, 3.63) is 18.0 Å². The lowest BCUT2D eigenvalue weighted by Crippen LogP contribution is -2.10. The Morgan fingerprint density at radius 3 is 2.42 bits per heavy atom. The maximum Gasteiger partial charge on any atom is 0.228 e. The van der Waals surface area contributed by atoms with Gasteiger partial charge in [0.15, 0.2) is 0 Å². The number of rotatable bonds is 3. The monoisotopic (exact) mass is 175 g/mol. The standard InChI is InChI=1S/C6H7F2N3O/c7-4-3-5(8)11-6(10-4)9-1-2-12/h3,12H,1-2H2,(H,9,10,11). The van der Waals surface area contributed by atoms with E-state index >= 15 is 0 Å². The van der Waals surface area contributed by atoms with Gasteiger partial charge in [0, 0.05) is 12.6 Å². The van der Waals surface area contributed by atoms with E-state index < -0.39 is 11.9 Å². The van der Waals surface area contributed by atoms with Crippen molar-refractivity contribution >= 4 is 5.95 Å². The molecule has 1 aromatic rings. The van der Waals surface area contributed by atoms with Crippen molar-refractivity contribution in [2.24, 2.45) is 0 Å². The van der Waals surface area contributed by atoms with Crippen LogP contribution in [0.15, 0.2) is 6.07 Å². The Bertz CT molecular complexity index is 249. The van der Waals surface area contributed by atoms with Gasteiger partial charge < -0.3 is 10.4 Å². The molecule has 1 aromatic heterocycles. The lowest BCUT2D eigenvalue weighted by atomic mass is 10.6. The Balaban J connectivity index is 2.72. The molecular formula is C6H7F2N3O. The maximum atomic E-state index is 12.4. The van der Waals surface area contributed by atoms with E-state index in [0.29, 0.717) is 6.07 Å². The van der Waals surface area contributed by atoms with Crippen LogP contribution in [0.3, 0.4) is 0 Å². The van der Waals surface area contributed by atoms with Crippen LogP contribution >= 0.6 is 0 Å². The molecule has 0 saturated heterocycles. The van der Waals surface area contributed by atoms with E-state index in [1.807, 2.05) is 0 Å². The van der Waals surface area contributed by atoms with Crippen LogP contribution in [0.25, 0.3) is 0 Å². The van der Waals surface area contributed by atoms with Gasteiger partial charge in [0.2, 0.25) is 17.8 Å². The Hall–Kier alpha value is -1.30. The van der Waals surface area contributed by atoms with E-state index in [9.17, 15) is 8.78 Å². The van der Waals surface area contributed by atoms with Gasteiger partial charge in [-0.15, -0.1) is 0 Å². The molecular weight excluding hydrogens is 168 g/mol. The summed E-state index contributed by atoms with van der Waals surface area (Å²) in [5, 5.41) is 10.8. The van der Waals surface area contributed by atoms with E-state index in [1.165, 1.54) is 0 Å². The van der Waals surface area contributed by atoms with Crippen LogP contribution in [0, 0.1) is 11.9 Å². The number of nitrogens with one attached hydrogen (secondary N) is 1. The highest BCUT2D eigenvalue weighted by molar-refractivity contribution is 5.22. The molecule has 0 amide bonds. The summed E-state index contributed by atoms with van der Waals surface area (Å²) in [5.74, 6) is -2.05. The van der Waals surface area contributed by atoms with Gasteiger partial charge in [-0.1, -0.05) is 0 Å². The fraction of sp³-hybridized carbons (Fsp3) is 0.333. The van der Waals surface area contributed by atoms with Crippen LogP contribution < -0.4 is 5.32 Å². The Morgan fingerprint density at radius 2 is 1.92 bits per heavy atom. The lowest BCUT2D eigenvalue weighted by Gasteiger charge is -2.00. The average molecular weight is 175 g/mol. The first-order chi connectivity index (χ1) is 5.72. The number of hydrogen-bond donors (Lipinski definition) is 2. The quantitative estimate of drug-likeness (QED) is 0.642. The smallest absolute Gasteiger partial charge is 0.228 e. The molecule has 4 nitrogen and oxygen atoms in total. The summed E-state index contributed by atoms with van der Waals surface area (Å²) in [6.45, 7) is 0.00435. The molecule has 66 valence electrons. The largest absolute Gasteiger partial charge is 0.395 e. The summed E-state index contributed by atoms with van der Waals surface area (Å²) in [6, 6.07) is 0.574. The molecule has 0 spiro atoms. The van der Waals surface area contributed by atoms with E-state index in [0.717, 1.165) is 0 Å². The van der Waals surface area contributed by atoms with Crippen LogP contribution in [0.1, 0.15) is 0 Å². The first-order valence-corrected chi connectivity index (χ1v) is 3.27. The van der Waals surface area contributed by atoms with Crippen molar-refractivity contribution in [2.45, 2.75) is 0 Å². The predicted molar refractivity (Wildman–Crippen MR) is 37.5 cm³/mol. The highest BCUT2D eigenvalue weighted by Crippen LogP contribution is 2.01. The number of hydrogen-bond acceptors (Lipinski definition) is 4. The molecule has 0 aromatic carbocycles. The van der Waals surface area contributed by atoms with Gasteiger partial charge in [-0.05, 0) is 0 Å². The Labute approximate surface area is 67.3 Å². The third kappa shape index (κ3) is 2.39. The van der Waals surface area contributed by atoms with Gasteiger partial charge in [-0.2, -0.15) is 18.7 Å². The zero-order valence-electron chi connectivity index (χ0n) is 6.09. The van der Waals surface area contributed by atoms with Crippen LogP contribution in [-0.4, -0.2) is 28.2 Å². The zero-order chi connectivity index (χ0) is 8.97.